The molecule has 30 heavy (non-hydrogen) atoms. The van der Waals surface area contributed by atoms with E-state index in [4.69, 9.17) is 11.1 Å². The quantitative estimate of drug-likeness (QED) is 0.478. The van der Waals surface area contributed by atoms with E-state index in [0.29, 0.717) is 5.56 Å². The lowest BCUT2D eigenvalue weighted by Gasteiger charge is -2.14. The first-order valence-corrected chi connectivity index (χ1v) is 8.62. The Morgan fingerprint density at radius 2 is 2.07 bits per heavy atom. The summed E-state index contributed by atoms with van der Waals surface area (Å²) in [7, 11) is 0. The summed E-state index contributed by atoms with van der Waals surface area (Å²) in [6.45, 7) is 0.0851. The predicted molar refractivity (Wildman–Crippen MR) is 106 cm³/mol. The van der Waals surface area contributed by atoms with Crippen molar-refractivity contribution in [3.05, 3.63) is 81.5 Å². The molecule has 0 bridgehead atoms. The van der Waals surface area contributed by atoms with Gasteiger partial charge in [0.15, 0.2) is 5.43 Å². The fraction of sp³-hybridized carbons (Fsp3) is 0.100. The van der Waals surface area contributed by atoms with Gasteiger partial charge in [0.2, 0.25) is 0 Å². The molecule has 154 valence electrons. The number of aromatic nitrogens is 2. The summed E-state index contributed by atoms with van der Waals surface area (Å²) in [6, 6.07) is 6.29. The van der Waals surface area contributed by atoms with Gasteiger partial charge in [-0.3, -0.25) is 14.6 Å². The molecule has 0 saturated heterocycles. The van der Waals surface area contributed by atoms with Crippen LogP contribution in [0.15, 0.2) is 53.7 Å². The van der Waals surface area contributed by atoms with Gasteiger partial charge in [-0.05, 0) is 29.3 Å². The number of carbonyl (C=O) groups is 1. The second-order valence-electron chi connectivity index (χ2n) is 6.30. The Morgan fingerprint density at radius 1 is 1.30 bits per heavy atom. The molecule has 0 saturated carbocycles. The zero-order valence-electron chi connectivity index (χ0n) is 15.4. The van der Waals surface area contributed by atoms with E-state index in [1.807, 2.05) is 0 Å². The van der Waals surface area contributed by atoms with Crippen LogP contribution in [-0.2, 0) is 12.7 Å². The van der Waals surface area contributed by atoms with Crippen LogP contribution in [0.25, 0.3) is 16.5 Å². The van der Waals surface area contributed by atoms with Crippen molar-refractivity contribution in [2.45, 2.75) is 12.7 Å². The van der Waals surface area contributed by atoms with Gasteiger partial charge in [0.25, 0.3) is 5.91 Å². The zero-order valence-corrected chi connectivity index (χ0v) is 15.4. The number of amides is 1. The number of nitrogens with two attached hydrogens (primary N) is 1. The van der Waals surface area contributed by atoms with Crippen molar-refractivity contribution in [3.8, 4) is 0 Å². The molecule has 1 aromatic carbocycles. The Kier molecular flexibility index (Phi) is 5.67. The zero-order chi connectivity index (χ0) is 21.9. The van der Waals surface area contributed by atoms with Gasteiger partial charge in [0, 0.05) is 48.4 Å². The van der Waals surface area contributed by atoms with Crippen molar-refractivity contribution < 1.29 is 18.0 Å². The van der Waals surface area contributed by atoms with E-state index in [0.717, 1.165) is 24.5 Å². The van der Waals surface area contributed by atoms with E-state index in [9.17, 15) is 22.8 Å². The Morgan fingerprint density at radius 3 is 2.67 bits per heavy atom. The van der Waals surface area contributed by atoms with Gasteiger partial charge < -0.3 is 21.4 Å². The van der Waals surface area contributed by atoms with Gasteiger partial charge in [0.05, 0.1) is 11.1 Å². The Bertz CT molecular complexity index is 1200. The van der Waals surface area contributed by atoms with Crippen molar-refractivity contribution >= 4 is 28.6 Å². The van der Waals surface area contributed by atoms with Gasteiger partial charge in [-0.2, -0.15) is 13.2 Å². The molecule has 0 unspecified atom stereocenters. The fourth-order valence-corrected chi connectivity index (χ4v) is 2.87. The van der Waals surface area contributed by atoms with Crippen molar-refractivity contribution in [2.24, 2.45) is 5.73 Å². The molecule has 10 heteroatoms. The first-order valence-electron chi connectivity index (χ1n) is 8.62. The largest absolute Gasteiger partial charge is 0.418 e. The molecule has 0 aliphatic heterocycles. The van der Waals surface area contributed by atoms with Crippen molar-refractivity contribution in [2.75, 3.05) is 0 Å². The highest BCUT2D eigenvalue weighted by atomic mass is 19.4. The van der Waals surface area contributed by atoms with E-state index in [1.165, 1.54) is 12.3 Å². The van der Waals surface area contributed by atoms with Crippen LogP contribution < -0.4 is 16.5 Å². The minimum atomic E-state index is -4.82. The second kappa shape index (κ2) is 8.19. The molecule has 2 aromatic heterocycles. The molecule has 3 rings (SSSR count). The van der Waals surface area contributed by atoms with Crippen molar-refractivity contribution in [3.63, 3.8) is 0 Å². The number of H-pyrrole nitrogens is 1. The minimum Gasteiger partial charge on any atom is -0.404 e. The predicted octanol–water partition coefficient (Wildman–Crippen LogP) is 2.82. The van der Waals surface area contributed by atoms with Gasteiger partial charge in [-0.1, -0.05) is 6.07 Å². The van der Waals surface area contributed by atoms with Crippen molar-refractivity contribution in [1.82, 2.24) is 15.3 Å². The molecule has 7 nitrogen and oxygen atoms in total. The number of nitrogens with one attached hydrogen (secondary N) is 3. The third kappa shape index (κ3) is 4.22. The monoisotopic (exact) mass is 415 g/mol. The lowest BCUT2D eigenvalue weighted by molar-refractivity contribution is -0.136. The second-order valence-corrected chi connectivity index (χ2v) is 6.30. The Balaban J connectivity index is 2.09. The summed E-state index contributed by atoms with van der Waals surface area (Å²) >= 11 is 0. The average molecular weight is 415 g/mol. The topological polar surface area (TPSA) is 125 Å². The maximum absolute atomic E-state index is 13.7. The Labute approximate surface area is 168 Å². The van der Waals surface area contributed by atoms with Crippen LogP contribution >= 0.6 is 0 Å². The number of nitrogens with zero attached hydrogens (tertiary/aromatic N) is 1. The van der Waals surface area contributed by atoms with Gasteiger partial charge in [-0.25, -0.2) is 0 Å². The molecule has 0 fully saturated rings. The highest BCUT2D eigenvalue weighted by molar-refractivity contribution is 6.09. The van der Waals surface area contributed by atoms with Crippen LogP contribution in [-0.4, -0.2) is 22.1 Å². The first-order chi connectivity index (χ1) is 14.2. The summed E-state index contributed by atoms with van der Waals surface area (Å²) in [5, 5.41) is 9.55. The number of hydrogen-bond donors (Lipinski definition) is 4. The fourth-order valence-electron chi connectivity index (χ4n) is 2.87. The standard InChI is InChI=1S/C20H16F3N5O2/c21-20(22,23)15-5-12(13(7-24)8-25)4-14-17(29)6-16(28-18(14)15)19(30)27-10-11-2-1-3-26-9-11/h1-9,24H,10,25H2,(H,27,30)(H,28,29)/b13-8+,24-7?. The number of hydrogen-bond acceptors (Lipinski definition) is 5. The molecule has 5 N–H and O–H groups in total. The van der Waals surface area contributed by atoms with Crippen molar-refractivity contribution in [1.29, 1.82) is 5.41 Å². The highest BCUT2D eigenvalue weighted by Gasteiger charge is 2.34. The van der Waals surface area contributed by atoms with E-state index in [1.54, 1.807) is 18.3 Å². The number of rotatable bonds is 5. The summed E-state index contributed by atoms with van der Waals surface area (Å²) in [6.07, 6.45) is 0.0314. The van der Waals surface area contributed by atoms with E-state index in [-0.39, 0.29) is 28.8 Å². The third-order valence-corrected chi connectivity index (χ3v) is 4.33. The number of fused-ring (bicyclic) bond motifs is 1. The van der Waals surface area contributed by atoms with Gasteiger partial charge >= 0.3 is 6.18 Å². The molecule has 0 aliphatic carbocycles. The molecular formula is C20H16F3N5O2. The number of pyridine rings is 2. The van der Waals surface area contributed by atoms with Crippen LogP contribution in [0, 0.1) is 5.41 Å². The third-order valence-electron chi connectivity index (χ3n) is 4.33. The van der Waals surface area contributed by atoms with Crippen LogP contribution in [0.4, 0.5) is 13.2 Å². The number of allylic oxidation sites excluding steroid dienone is 1. The van der Waals surface area contributed by atoms with E-state index in [2.05, 4.69) is 15.3 Å². The van der Waals surface area contributed by atoms with Gasteiger partial charge in [0.1, 0.15) is 5.69 Å². The van der Waals surface area contributed by atoms with E-state index >= 15 is 0 Å². The van der Waals surface area contributed by atoms with Gasteiger partial charge in [-0.15, -0.1) is 0 Å². The lowest BCUT2D eigenvalue weighted by atomic mass is 9.99. The highest BCUT2D eigenvalue weighted by Crippen LogP contribution is 2.35. The van der Waals surface area contributed by atoms with Crippen LogP contribution in [0.5, 0.6) is 0 Å². The minimum absolute atomic E-state index is 0.0140. The SMILES string of the molecule is N=C/C(=C\N)c1cc(C(F)(F)F)c2[nH]c(C(=O)NCc3cccnc3)cc(=O)c2c1. The molecule has 0 aliphatic rings. The lowest BCUT2D eigenvalue weighted by Crippen LogP contribution is -2.25. The maximum Gasteiger partial charge on any atom is 0.418 e. The normalized spacial score (nSPS) is 12.0. The molecule has 3 aromatic rings. The number of alkyl halides is 3. The maximum atomic E-state index is 13.7. The summed E-state index contributed by atoms with van der Waals surface area (Å²) in [5.41, 5.74) is 3.28. The number of carbonyl (C=O) groups excluding carboxylic acids is 1. The first kappa shape index (κ1) is 20.8. The molecule has 1 amide bonds. The van der Waals surface area contributed by atoms with Crippen LogP contribution in [0.2, 0.25) is 0 Å². The summed E-state index contributed by atoms with van der Waals surface area (Å²) in [5.74, 6) is -0.739. The average Bonchev–Trinajstić information content (AvgIpc) is 2.72. The molecular weight excluding hydrogens is 399 g/mol. The molecule has 0 atom stereocenters. The summed E-state index contributed by atoms with van der Waals surface area (Å²) in [4.78, 5) is 31.3. The number of aromatic amines is 1. The number of halogens is 3. The van der Waals surface area contributed by atoms with E-state index < -0.39 is 28.6 Å². The summed E-state index contributed by atoms with van der Waals surface area (Å²) < 4.78 is 41.0. The molecule has 0 spiro atoms. The number of benzene rings is 1. The Hall–Kier alpha value is -3.95. The van der Waals surface area contributed by atoms with Crippen LogP contribution in [0.1, 0.15) is 27.2 Å². The van der Waals surface area contributed by atoms with Crippen LogP contribution in [0.3, 0.4) is 0 Å². The smallest absolute Gasteiger partial charge is 0.404 e. The molecule has 0 radical (unpaired) electrons. The molecule has 2 heterocycles.